The number of hydrazine groups is 1. The van der Waals surface area contributed by atoms with Crippen LogP contribution in [0.25, 0.3) is 5.65 Å². The molecule has 0 amide bonds. The zero-order valence-corrected chi connectivity index (χ0v) is 12.0. The van der Waals surface area contributed by atoms with Crippen LogP contribution >= 0.6 is 0 Å². The van der Waals surface area contributed by atoms with Gasteiger partial charge >= 0.3 is 0 Å². The van der Waals surface area contributed by atoms with E-state index in [-0.39, 0.29) is 16.9 Å². The Morgan fingerprint density at radius 3 is 2.90 bits per heavy atom. The molecular weight excluding hydrogens is 278 g/mol. The summed E-state index contributed by atoms with van der Waals surface area (Å²) in [5.41, 5.74) is 2.94. The van der Waals surface area contributed by atoms with E-state index in [9.17, 15) is 8.42 Å². The number of imidazole rings is 1. The molecule has 3 heterocycles. The van der Waals surface area contributed by atoms with E-state index in [2.05, 4.69) is 10.4 Å². The van der Waals surface area contributed by atoms with E-state index in [1.54, 1.807) is 28.8 Å². The highest BCUT2D eigenvalue weighted by atomic mass is 32.2. The summed E-state index contributed by atoms with van der Waals surface area (Å²) in [5.74, 6) is 5.61. The lowest BCUT2D eigenvalue weighted by atomic mass is 10.3. The van der Waals surface area contributed by atoms with Crippen molar-refractivity contribution in [1.29, 1.82) is 0 Å². The van der Waals surface area contributed by atoms with Gasteiger partial charge in [-0.15, -0.1) is 0 Å². The van der Waals surface area contributed by atoms with E-state index in [0.29, 0.717) is 12.2 Å². The molecule has 0 radical (unpaired) electrons. The van der Waals surface area contributed by atoms with E-state index in [1.807, 2.05) is 6.92 Å². The standard InChI is InChI=1S/C12H17N5O2S/c1-9-5-4-8-17(9)20(18,19)12-11(15-13)14-10-6-2-3-7-16(10)12/h2-3,6-7,9,15H,4-5,8,13H2,1H3. The monoisotopic (exact) mass is 295 g/mol. The number of nitrogens with one attached hydrogen (secondary N) is 1. The molecule has 2 aromatic rings. The second kappa shape index (κ2) is 4.72. The van der Waals surface area contributed by atoms with Crippen molar-refractivity contribution in [2.75, 3.05) is 12.0 Å². The van der Waals surface area contributed by atoms with E-state index >= 15 is 0 Å². The van der Waals surface area contributed by atoms with Crippen LogP contribution in [0, 0.1) is 0 Å². The first-order chi connectivity index (χ1) is 9.55. The Balaban J connectivity index is 2.22. The van der Waals surface area contributed by atoms with Crippen LogP contribution in [0.15, 0.2) is 29.4 Å². The van der Waals surface area contributed by atoms with Crippen LogP contribution in [0.3, 0.4) is 0 Å². The first kappa shape index (κ1) is 13.3. The number of hydrogen-bond acceptors (Lipinski definition) is 5. The average molecular weight is 295 g/mol. The molecule has 1 aliphatic heterocycles. The molecule has 1 unspecified atom stereocenters. The Labute approximate surface area is 117 Å². The Bertz CT molecular complexity index is 739. The lowest BCUT2D eigenvalue weighted by Gasteiger charge is -2.21. The molecule has 8 heteroatoms. The Kier molecular flexibility index (Phi) is 3.15. The van der Waals surface area contributed by atoms with Crippen molar-refractivity contribution < 1.29 is 8.42 Å². The Hall–Kier alpha value is -1.64. The van der Waals surface area contributed by atoms with Crippen molar-refractivity contribution in [3.8, 4) is 0 Å². The Morgan fingerprint density at radius 2 is 2.25 bits per heavy atom. The molecule has 0 aliphatic carbocycles. The summed E-state index contributed by atoms with van der Waals surface area (Å²) in [6.07, 6.45) is 3.43. The Morgan fingerprint density at radius 1 is 1.45 bits per heavy atom. The minimum Gasteiger partial charge on any atom is -0.306 e. The number of fused-ring (bicyclic) bond motifs is 1. The van der Waals surface area contributed by atoms with Gasteiger partial charge in [-0.2, -0.15) is 4.31 Å². The van der Waals surface area contributed by atoms with Crippen molar-refractivity contribution >= 4 is 21.5 Å². The zero-order valence-electron chi connectivity index (χ0n) is 11.2. The fraction of sp³-hybridized carbons (Fsp3) is 0.417. The molecule has 1 saturated heterocycles. The third-order valence-electron chi connectivity index (χ3n) is 3.67. The quantitative estimate of drug-likeness (QED) is 0.645. The fourth-order valence-corrected chi connectivity index (χ4v) is 4.61. The predicted octanol–water partition coefficient (Wildman–Crippen LogP) is 0.793. The van der Waals surface area contributed by atoms with E-state index in [0.717, 1.165) is 12.8 Å². The van der Waals surface area contributed by atoms with Crippen molar-refractivity contribution in [2.24, 2.45) is 5.84 Å². The average Bonchev–Trinajstić information content (AvgIpc) is 3.01. The first-order valence-corrected chi connectivity index (χ1v) is 7.95. The van der Waals surface area contributed by atoms with Crippen molar-refractivity contribution in [1.82, 2.24) is 13.7 Å². The largest absolute Gasteiger partial charge is 0.306 e. The third kappa shape index (κ3) is 1.88. The number of rotatable bonds is 3. The SMILES string of the molecule is CC1CCCN1S(=O)(=O)c1c(NN)nc2ccccn12. The van der Waals surface area contributed by atoms with Crippen LogP contribution in [-0.2, 0) is 10.0 Å². The molecule has 1 aliphatic rings. The minimum atomic E-state index is -3.62. The number of hydrogen-bond donors (Lipinski definition) is 2. The predicted molar refractivity (Wildman–Crippen MR) is 75.6 cm³/mol. The summed E-state index contributed by atoms with van der Waals surface area (Å²) in [6, 6.07) is 5.31. The van der Waals surface area contributed by atoms with Crippen molar-refractivity contribution in [2.45, 2.75) is 30.8 Å². The summed E-state index contributed by atoms with van der Waals surface area (Å²) in [6.45, 7) is 2.46. The maximum absolute atomic E-state index is 12.9. The van der Waals surface area contributed by atoms with E-state index in [1.165, 1.54) is 4.31 Å². The lowest BCUT2D eigenvalue weighted by molar-refractivity contribution is 0.406. The van der Waals surface area contributed by atoms with Gasteiger partial charge in [0.05, 0.1) is 0 Å². The van der Waals surface area contributed by atoms with Gasteiger partial charge in [-0.3, -0.25) is 4.40 Å². The van der Waals surface area contributed by atoms with Crippen molar-refractivity contribution in [3.05, 3.63) is 24.4 Å². The highest BCUT2D eigenvalue weighted by Gasteiger charge is 2.36. The second-order valence-electron chi connectivity index (χ2n) is 4.95. The second-order valence-corrected chi connectivity index (χ2v) is 6.75. The number of pyridine rings is 1. The summed E-state index contributed by atoms with van der Waals surface area (Å²) in [7, 11) is -3.62. The van der Waals surface area contributed by atoms with E-state index < -0.39 is 10.0 Å². The fourth-order valence-electron chi connectivity index (χ4n) is 2.69. The summed E-state index contributed by atoms with van der Waals surface area (Å²) >= 11 is 0. The molecule has 3 rings (SSSR count). The maximum Gasteiger partial charge on any atom is 0.263 e. The number of aromatic nitrogens is 2. The first-order valence-electron chi connectivity index (χ1n) is 6.51. The number of nitrogens with two attached hydrogens (primary N) is 1. The molecule has 0 saturated carbocycles. The van der Waals surface area contributed by atoms with Gasteiger partial charge in [-0.1, -0.05) is 6.07 Å². The molecule has 7 nitrogen and oxygen atoms in total. The van der Waals surface area contributed by atoms with Gasteiger partial charge < -0.3 is 5.43 Å². The summed E-state index contributed by atoms with van der Waals surface area (Å²) in [4.78, 5) is 4.21. The van der Waals surface area contributed by atoms with Gasteiger partial charge in [0.2, 0.25) is 5.03 Å². The smallest absolute Gasteiger partial charge is 0.263 e. The van der Waals surface area contributed by atoms with Crippen LogP contribution in [0.1, 0.15) is 19.8 Å². The number of nitrogen functional groups attached to an aromatic ring is 1. The number of nitrogens with zero attached hydrogens (tertiary/aromatic N) is 3. The minimum absolute atomic E-state index is 0.000105. The molecule has 108 valence electrons. The van der Waals surface area contributed by atoms with Crippen LogP contribution in [0.2, 0.25) is 0 Å². The molecule has 20 heavy (non-hydrogen) atoms. The number of anilines is 1. The molecule has 1 atom stereocenters. The van der Waals surface area contributed by atoms with Crippen LogP contribution < -0.4 is 11.3 Å². The van der Waals surface area contributed by atoms with Gasteiger partial charge in [0.25, 0.3) is 10.0 Å². The van der Waals surface area contributed by atoms with E-state index in [4.69, 9.17) is 5.84 Å². The lowest BCUT2D eigenvalue weighted by Crippen LogP contribution is -2.35. The van der Waals surface area contributed by atoms with Gasteiger partial charge in [-0.05, 0) is 31.9 Å². The molecule has 2 aromatic heterocycles. The molecule has 0 aromatic carbocycles. The van der Waals surface area contributed by atoms with Gasteiger partial charge in [-0.25, -0.2) is 19.2 Å². The van der Waals surface area contributed by atoms with Gasteiger partial charge in [0.15, 0.2) is 5.82 Å². The normalized spacial score (nSPS) is 20.6. The highest BCUT2D eigenvalue weighted by molar-refractivity contribution is 7.89. The van der Waals surface area contributed by atoms with Crippen LogP contribution in [0.5, 0.6) is 0 Å². The van der Waals surface area contributed by atoms with Crippen molar-refractivity contribution in [3.63, 3.8) is 0 Å². The zero-order chi connectivity index (χ0) is 14.3. The molecule has 3 N–H and O–H groups in total. The topological polar surface area (TPSA) is 92.7 Å². The molecule has 0 bridgehead atoms. The molecule has 1 fully saturated rings. The van der Waals surface area contributed by atoms with Crippen LogP contribution in [-0.4, -0.2) is 34.7 Å². The summed E-state index contributed by atoms with van der Waals surface area (Å²) in [5, 5.41) is 0.101. The molecular formula is C12H17N5O2S. The maximum atomic E-state index is 12.9. The molecule has 0 spiro atoms. The third-order valence-corrected chi connectivity index (χ3v) is 5.71. The highest BCUT2D eigenvalue weighted by Crippen LogP contribution is 2.30. The number of sulfonamides is 1. The van der Waals surface area contributed by atoms with Gasteiger partial charge in [0, 0.05) is 18.8 Å². The van der Waals surface area contributed by atoms with Crippen LogP contribution in [0.4, 0.5) is 5.82 Å². The summed E-state index contributed by atoms with van der Waals surface area (Å²) < 4.78 is 28.8. The van der Waals surface area contributed by atoms with Gasteiger partial charge in [0.1, 0.15) is 5.65 Å².